The number of benzene rings is 1. The summed E-state index contributed by atoms with van der Waals surface area (Å²) in [7, 11) is 0. The lowest BCUT2D eigenvalue weighted by atomic mass is 10.2. The summed E-state index contributed by atoms with van der Waals surface area (Å²) < 4.78 is 31.0. The molecule has 1 saturated heterocycles. The van der Waals surface area contributed by atoms with Crippen LogP contribution in [0.3, 0.4) is 0 Å². The van der Waals surface area contributed by atoms with Crippen LogP contribution >= 0.6 is 12.4 Å². The normalized spacial score (nSPS) is 17.4. The highest BCUT2D eigenvalue weighted by molar-refractivity contribution is 5.85. The molecule has 1 aliphatic heterocycles. The van der Waals surface area contributed by atoms with E-state index in [9.17, 15) is 13.6 Å². The highest BCUT2D eigenvalue weighted by Crippen LogP contribution is 2.17. The molecule has 1 heterocycles. The first-order valence-corrected chi connectivity index (χ1v) is 6.26. The Morgan fingerprint density at radius 3 is 2.90 bits per heavy atom. The SMILES string of the molecule is Cl.O=C(NCCOc1ccc(F)cc1F)C1CCCN1. The fourth-order valence-corrected chi connectivity index (χ4v) is 1.96. The summed E-state index contributed by atoms with van der Waals surface area (Å²) in [5.74, 6) is -1.48. The van der Waals surface area contributed by atoms with Gasteiger partial charge in [0.1, 0.15) is 12.4 Å². The van der Waals surface area contributed by atoms with Gasteiger partial charge >= 0.3 is 0 Å². The van der Waals surface area contributed by atoms with Crippen molar-refractivity contribution in [1.29, 1.82) is 0 Å². The summed E-state index contributed by atoms with van der Waals surface area (Å²) in [5, 5.41) is 5.78. The zero-order chi connectivity index (χ0) is 13.7. The van der Waals surface area contributed by atoms with E-state index in [4.69, 9.17) is 4.74 Å². The standard InChI is InChI=1S/C13H16F2N2O2.ClH/c14-9-3-4-12(10(15)8-9)19-7-6-17-13(18)11-2-1-5-16-11;/h3-4,8,11,16H,1-2,5-7H2,(H,17,18);1H. The van der Waals surface area contributed by atoms with Gasteiger partial charge in [0.25, 0.3) is 0 Å². The number of nitrogens with one attached hydrogen (secondary N) is 2. The van der Waals surface area contributed by atoms with E-state index in [-0.39, 0.29) is 43.3 Å². The van der Waals surface area contributed by atoms with Gasteiger partial charge in [-0.15, -0.1) is 12.4 Å². The lowest BCUT2D eigenvalue weighted by molar-refractivity contribution is -0.122. The summed E-state index contributed by atoms with van der Waals surface area (Å²) in [6, 6.07) is 2.98. The van der Waals surface area contributed by atoms with Crippen LogP contribution in [0, 0.1) is 11.6 Å². The molecule has 0 saturated carbocycles. The number of rotatable bonds is 5. The van der Waals surface area contributed by atoms with Crippen LogP contribution in [0.2, 0.25) is 0 Å². The molecule has 0 aromatic heterocycles. The second kappa shape index (κ2) is 8.01. The van der Waals surface area contributed by atoms with E-state index >= 15 is 0 Å². The van der Waals surface area contributed by atoms with E-state index in [1.807, 2.05) is 0 Å². The third-order valence-electron chi connectivity index (χ3n) is 2.93. The lowest BCUT2D eigenvalue weighted by Crippen LogP contribution is -2.41. The van der Waals surface area contributed by atoms with E-state index in [0.717, 1.165) is 31.5 Å². The summed E-state index contributed by atoms with van der Waals surface area (Å²) in [6.07, 6.45) is 1.83. The fourth-order valence-electron chi connectivity index (χ4n) is 1.96. The molecule has 1 fully saturated rings. The molecule has 0 bridgehead atoms. The van der Waals surface area contributed by atoms with Crippen molar-refractivity contribution in [2.75, 3.05) is 19.7 Å². The lowest BCUT2D eigenvalue weighted by Gasteiger charge is -2.12. The number of hydrogen-bond acceptors (Lipinski definition) is 3. The third kappa shape index (κ3) is 4.61. The molecule has 1 atom stereocenters. The van der Waals surface area contributed by atoms with Gasteiger partial charge in [-0.2, -0.15) is 0 Å². The first-order valence-electron chi connectivity index (χ1n) is 6.26. The molecule has 4 nitrogen and oxygen atoms in total. The molecule has 1 unspecified atom stereocenters. The van der Waals surface area contributed by atoms with Crippen LogP contribution in [-0.2, 0) is 4.79 Å². The van der Waals surface area contributed by atoms with Gasteiger partial charge in [-0.05, 0) is 31.5 Å². The van der Waals surface area contributed by atoms with E-state index in [0.29, 0.717) is 0 Å². The Balaban J connectivity index is 0.00000200. The number of amides is 1. The average Bonchev–Trinajstić information content (AvgIpc) is 2.90. The van der Waals surface area contributed by atoms with Crippen LogP contribution in [0.5, 0.6) is 5.75 Å². The first kappa shape index (κ1) is 16.7. The van der Waals surface area contributed by atoms with Crippen molar-refractivity contribution in [2.24, 2.45) is 0 Å². The van der Waals surface area contributed by atoms with Crippen molar-refractivity contribution in [2.45, 2.75) is 18.9 Å². The van der Waals surface area contributed by atoms with Gasteiger partial charge in [-0.25, -0.2) is 8.78 Å². The highest BCUT2D eigenvalue weighted by atomic mass is 35.5. The van der Waals surface area contributed by atoms with Gasteiger partial charge in [0.05, 0.1) is 12.6 Å². The maximum atomic E-state index is 13.2. The van der Waals surface area contributed by atoms with Crippen LogP contribution in [0.25, 0.3) is 0 Å². The Labute approximate surface area is 122 Å². The van der Waals surface area contributed by atoms with E-state index in [2.05, 4.69) is 10.6 Å². The molecule has 2 rings (SSSR count). The number of ether oxygens (including phenoxy) is 1. The van der Waals surface area contributed by atoms with Crippen LogP contribution in [-0.4, -0.2) is 31.6 Å². The van der Waals surface area contributed by atoms with E-state index in [1.165, 1.54) is 6.07 Å². The summed E-state index contributed by atoms with van der Waals surface area (Å²) in [4.78, 5) is 11.6. The highest BCUT2D eigenvalue weighted by Gasteiger charge is 2.21. The van der Waals surface area contributed by atoms with Crippen LogP contribution in [0.4, 0.5) is 8.78 Å². The Kier molecular flexibility index (Phi) is 6.67. The predicted octanol–water partition coefficient (Wildman–Crippen LogP) is 1.63. The van der Waals surface area contributed by atoms with Gasteiger partial charge in [0.15, 0.2) is 11.6 Å². The van der Waals surface area contributed by atoms with Crippen molar-refractivity contribution < 1.29 is 18.3 Å². The van der Waals surface area contributed by atoms with E-state index < -0.39 is 11.6 Å². The van der Waals surface area contributed by atoms with Crippen molar-refractivity contribution >= 4 is 18.3 Å². The fraction of sp³-hybridized carbons (Fsp3) is 0.462. The van der Waals surface area contributed by atoms with Gasteiger partial charge in [0.2, 0.25) is 5.91 Å². The molecule has 0 radical (unpaired) electrons. The summed E-state index contributed by atoms with van der Waals surface area (Å²) in [6.45, 7) is 1.28. The minimum absolute atomic E-state index is 0. The van der Waals surface area contributed by atoms with Gasteiger partial charge in [0, 0.05) is 6.07 Å². The van der Waals surface area contributed by atoms with Crippen molar-refractivity contribution in [3.63, 3.8) is 0 Å². The molecule has 1 aromatic rings. The number of carbonyl (C=O) groups excluding carboxylic acids is 1. The molecule has 0 spiro atoms. The minimum Gasteiger partial charge on any atom is -0.489 e. The molecule has 1 amide bonds. The minimum atomic E-state index is -0.746. The molecule has 1 aromatic carbocycles. The van der Waals surface area contributed by atoms with Crippen LogP contribution in [0.15, 0.2) is 18.2 Å². The van der Waals surface area contributed by atoms with Crippen molar-refractivity contribution in [1.82, 2.24) is 10.6 Å². The molecule has 112 valence electrons. The third-order valence-corrected chi connectivity index (χ3v) is 2.93. The number of hydrogen-bond donors (Lipinski definition) is 2. The van der Waals surface area contributed by atoms with Crippen molar-refractivity contribution in [3.8, 4) is 5.75 Å². The molecule has 7 heteroatoms. The molecular weight excluding hydrogens is 290 g/mol. The average molecular weight is 307 g/mol. The molecule has 0 aliphatic carbocycles. The predicted molar refractivity (Wildman–Crippen MR) is 73.1 cm³/mol. The second-order valence-corrected chi connectivity index (χ2v) is 4.36. The largest absolute Gasteiger partial charge is 0.489 e. The Morgan fingerprint density at radius 1 is 1.45 bits per heavy atom. The zero-order valence-electron chi connectivity index (χ0n) is 10.8. The van der Waals surface area contributed by atoms with Gasteiger partial charge < -0.3 is 15.4 Å². The van der Waals surface area contributed by atoms with Crippen LogP contribution < -0.4 is 15.4 Å². The van der Waals surface area contributed by atoms with E-state index in [1.54, 1.807) is 0 Å². The number of carbonyl (C=O) groups is 1. The molecule has 20 heavy (non-hydrogen) atoms. The van der Waals surface area contributed by atoms with Gasteiger partial charge in [-0.3, -0.25) is 4.79 Å². The first-order chi connectivity index (χ1) is 9.16. The number of halogens is 3. The van der Waals surface area contributed by atoms with Crippen molar-refractivity contribution in [3.05, 3.63) is 29.8 Å². The molecular formula is C13H17ClF2N2O2. The second-order valence-electron chi connectivity index (χ2n) is 4.36. The molecule has 2 N–H and O–H groups in total. The summed E-state index contributed by atoms with van der Waals surface area (Å²) in [5.41, 5.74) is 0. The Morgan fingerprint density at radius 2 is 2.25 bits per heavy atom. The smallest absolute Gasteiger partial charge is 0.237 e. The Bertz CT molecular complexity index is 454. The zero-order valence-corrected chi connectivity index (χ0v) is 11.6. The monoisotopic (exact) mass is 306 g/mol. The van der Waals surface area contributed by atoms with Crippen LogP contribution in [0.1, 0.15) is 12.8 Å². The quantitative estimate of drug-likeness (QED) is 0.813. The Hall–Kier alpha value is -1.40. The topological polar surface area (TPSA) is 50.4 Å². The summed E-state index contributed by atoms with van der Waals surface area (Å²) >= 11 is 0. The maximum absolute atomic E-state index is 13.2. The maximum Gasteiger partial charge on any atom is 0.237 e. The molecule has 1 aliphatic rings. The van der Waals surface area contributed by atoms with Gasteiger partial charge in [-0.1, -0.05) is 0 Å².